The van der Waals surface area contributed by atoms with Gasteiger partial charge in [-0.15, -0.1) is 0 Å². The fraction of sp³-hybridized carbons (Fsp3) is 0.176. The van der Waals surface area contributed by atoms with Crippen molar-refractivity contribution >= 4 is 17.3 Å². The fourth-order valence-corrected chi connectivity index (χ4v) is 2.28. The molecule has 136 valence electrons. The number of carbonyl (C=O) groups excluding carboxylic acids is 1. The number of aliphatic hydroxyl groups is 1. The first-order chi connectivity index (χ1) is 12.2. The van der Waals surface area contributed by atoms with E-state index in [0.29, 0.717) is 11.3 Å². The van der Waals surface area contributed by atoms with E-state index in [1.165, 1.54) is 36.4 Å². The average Bonchev–Trinajstić information content (AvgIpc) is 3.00. The summed E-state index contributed by atoms with van der Waals surface area (Å²) in [6, 6.07) is 10.7. The van der Waals surface area contributed by atoms with Crippen LogP contribution in [-0.4, -0.2) is 28.7 Å². The molecule has 5 nitrogen and oxygen atoms in total. The Labute approximate surface area is 144 Å². The van der Waals surface area contributed by atoms with Gasteiger partial charge in [-0.05, 0) is 42.0 Å². The van der Waals surface area contributed by atoms with E-state index in [1.54, 1.807) is 0 Å². The van der Waals surface area contributed by atoms with Crippen LogP contribution in [0.2, 0.25) is 0 Å². The number of hydrogen-bond donors (Lipinski definition) is 2. The zero-order valence-electron chi connectivity index (χ0n) is 13.0. The smallest absolute Gasteiger partial charge is 0.350 e. The topological polar surface area (TPSA) is 70.9 Å². The minimum atomic E-state index is -4.97. The zero-order chi connectivity index (χ0) is 18.9. The van der Waals surface area contributed by atoms with E-state index >= 15 is 0 Å². The predicted octanol–water partition coefficient (Wildman–Crippen LogP) is 3.45. The van der Waals surface area contributed by atoms with Crippen molar-refractivity contribution in [2.45, 2.75) is 18.4 Å². The van der Waals surface area contributed by atoms with Crippen molar-refractivity contribution in [3.8, 4) is 0 Å². The van der Waals surface area contributed by atoms with Crippen molar-refractivity contribution in [2.75, 3.05) is 5.32 Å². The molecule has 0 aromatic heterocycles. The predicted molar refractivity (Wildman–Crippen MR) is 84.0 cm³/mol. The van der Waals surface area contributed by atoms with E-state index in [-0.39, 0.29) is 11.3 Å². The van der Waals surface area contributed by atoms with Crippen molar-refractivity contribution in [1.82, 2.24) is 0 Å². The number of rotatable bonds is 3. The lowest BCUT2D eigenvalue weighted by Gasteiger charge is -2.22. The Morgan fingerprint density at radius 2 is 1.73 bits per heavy atom. The third-order valence-electron chi connectivity index (χ3n) is 3.74. The van der Waals surface area contributed by atoms with Gasteiger partial charge in [0.2, 0.25) is 0 Å². The summed E-state index contributed by atoms with van der Waals surface area (Å²) >= 11 is 0. The van der Waals surface area contributed by atoms with Gasteiger partial charge in [0.25, 0.3) is 5.91 Å². The maximum Gasteiger partial charge on any atom is 0.458 e. The van der Waals surface area contributed by atoms with Crippen LogP contribution < -0.4 is 5.32 Å². The summed E-state index contributed by atoms with van der Waals surface area (Å²) in [5, 5.41) is 15.3. The maximum atomic E-state index is 12.9. The number of amides is 1. The molecule has 1 aliphatic rings. The lowest BCUT2D eigenvalue weighted by atomic mass is 10.0. The molecule has 1 heterocycles. The molecule has 2 aromatic carbocycles. The summed E-state index contributed by atoms with van der Waals surface area (Å²) in [6.45, 7) is 0. The minimum absolute atomic E-state index is 0.0683. The molecule has 2 aromatic rings. The zero-order valence-corrected chi connectivity index (χ0v) is 13.0. The number of benzene rings is 2. The Balaban J connectivity index is 1.68. The highest BCUT2D eigenvalue weighted by atomic mass is 19.4. The molecule has 0 spiro atoms. The number of alkyl halides is 3. The van der Waals surface area contributed by atoms with Gasteiger partial charge in [-0.2, -0.15) is 13.2 Å². The molecule has 1 unspecified atom stereocenters. The molecule has 0 radical (unpaired) electrons. The first-order valence-electron chi connectivity index (χ1n) is 7.39. The Morgan fingerprint density at radius 1 is 1.12 bits per heavy atom. The van der Waals surface area contributed by atoms with Crippen LogP contribution in [0.3, 0.4) is 0 Å². The van der Waals surface area contributed by atoms with Gasteiger partial charge >= 0.3 is 12.0 Å². The molecule has 1 amide bonds. The van der Waals surface area contributed by atoms with E-state index in [2.05, 4.69) is 15.3 Å². The van der Waals surface area contributed by atoms with Gasteiger partial charge in [0.1, 0.15) is 5.82 Å². The van der Waals surface area contributed by atoms with Crippen LogP contribution >= 0.6 is 0 Å². The molecule has 1 atom stereocenters. The summed E-state index contributed by atoms with van der Waals surface area (Å²) in [6.07, 6.45) is -5.81. The molecule has 1 aliphatic heterocycles. The van der Waals surface area contributed by atoms with Crippen LogP contribution in [0, 0.1) is 5.82 Å². The number of halogens is 4. The molecule has 0 fully saturated rings. The molecule has 3 rings (SSSR count). The molecule has 26 heavy (non-hydrogen) atoms. The highest BCUT2D eigenvalue weighted by Gasteiger charge is 2.60. The highest BCUT2D eigenvalue weighted by Crippen LogP contribution is 2.38. The van der Waals surface area contributed by atoms with Crippen LogP contribution in [0.1, 0.15) is 22.3 Å². The third-order valence-corrected chi connectivity index (χ3v) is 3.74. The van der Waals surface area contributed by atoms with E-state index in [1.807, 2.05) is 0 Å². The summed E-state index contributed by atoms with van der Waals surface area (Å²) < 4.78 is 51.0. The SMILES string of the molecule is O=C(Nc1ccc(C2=NOC(O)(C(F)(F)F)C2)cc1)c1ccc(F)cc1. The number of carbonyl (C=O) groups is 1. The van der Waals surface area contributed by atoms with Gasteiger partial charge < -0.3 is 15.3 Å². The average molecular weight is 368 g/mol. The number of nitrogens with one attached hydrogen (secondary N) is 1. The Hall–Kier alpha value is -2.94. The summed E-state index contributed by atoms with van der Waals surface area (Å²) in [7, 11) is 0. The number of oxime groups is 1. The minimum Gasteiger partial charge on any atom is -0.350 e. The second-order valence-electron chi connectivity index (χ2n) is 5.63. The van der Waals surface area contributed by atoms with Crippen molar-refractivity contribution in [1.29, 1.82) is 0 Å². The number of hydrogen-bond acceptors (Lipinski definition) is 4. The Bertz CT molecular complexity index is 848. The first kappa shape index (κ1) is 17.9. The van der Waals surface area contributed by atoms with Crippen molar-refractivity contribution < 1.29 is 32.3 Å². The van der Waals surface area contributed by atoms with E-state index in [4.69, 9.17) is 0 Å². The lowest BCUT2D eigenvalue weighted by molar-refractivity contribution is -0.355. The van der Waals surface area contributed by atoms with Gasteiger partial charge in [-0.1, -0.05) is 17.3 Å². The molecular weight excluding hydrogens is 356 g/mol. The van der Waals surface area contributed by atoms with Gasteiger partial charge in [0.15, 0.2) is 0 Å². The quantitative estimate of drug-likeness (QED) is 0.816. The van der Waals surface area contributed by atoms with Crippen LogP contribution in [0.4, 0.5) is 23.2 Å². The van der Waals surface area contributed by atoms with Crippen LogP contribution in [-0.2, 0) is 4.84 Å². The molecule has 2 N–H and O–H groups in total. The standard InChI is InChI=1S/C17H12F4N2O3/c18-12-5-1-11(2-6-12)15(24)22-13-7-3-10(4-8-13)14-9-16(25,26-23-14)17(19,20)21/h1-8,25H,9H2,(H,22,24). The van der Waals surface area contributed by atoms with Crippen LogP contribution in [0.15, 0.2) is 53.7 Å². The first-order valence-corrected chi connectivity index (χ1v) is 7.39. The normalized spacial score (nSPS) is 19.7. The third kappa shape index (κ3) is 3.52. The summed E-state index contributed by atoms with van der Waals surface area (Å²) in [5.74, 6) is -4.27. The largest absolute Gasteiger partial charge is 0.458 e. The number of anilines is 1. The molecule has 0 saturated heterocycles. The Kier molecular flexibility index (Phi) is 4.41. The molecular formula is C17H12F4N2O3. The van der Waals surface area contributed by atoms with Crippen LogP contribution in [0.5, 0.6) is 0 Å². The molecule has 0 bridgehead atoms. The van der Waals surface area contributed by atoms with E-state index in [0.717, 1.165) is 12.1 Å². The summed E-state index contributed by atoms with van der Waals surface area (Å²) in [5.41, 5.74) is 0.874. The second kappa shape index (κ2) is 6.41. The Morgan fingerprint density at radius 3 is 2.27 bits per heavy atom. The molecule has 0 saturated carbocycles. The van der Waals surface area contributed by atoms with Crippen molar-refractivity contribution in [3.05, 3.63) is 65.5 Å². The van der Waals surface area contributed by atoms with Gasteiger partial charge in [-0.25, -0.2) is 4.39 Å². The number of nitrogens with zero attached hydrogens (tertiary/aromatic N) is 1. The molecule has 9 heteroatoms. The highest BCUT2D eigenvalue weighted by molar-refractivity contribution is 6.05. The van der Waals surface area contributed by atoms with Crippen molar-refractivity contribution in [3.63, 3.8) is 0 Å². The fourth-order valence-electron chi connectivity index (χ4n) is 2.28. The lowest BCUT2D eigenvalue weighted by Crippen LogP contribution is -2.45. The summed E-state index contributed by atoms with van der Waals surface area (Å²) in [4.78, 5) is 16.2. The van der Waals surface area contributed by atoms with Gasteiger partial charge in [0.05, 0.1) is 12.1 Å². The monoisotopic (exact) mass is 368 g/mol. The van der Waals surface area contributed by atoms with Crippen molar-refractivity contribution in [2.24, 2.45) is 5.16 Å². The van der Waals surface area contributed by atoms with Crippen LogP contribution in [0.25, 0.3) is 0 Å². The van der Waals surface area contributed by atoms with E-state index < -0.39 is 30.1 Å². The van der Waals surface area contributed by atoms with E-state index in [9.17, 15) is 27.5 Å². The second-order valence-corrected chi connectivity index (χ2v) is 5.63. The van der Waals surface area contributed by atoms with Gasteiger partial charge in [-0.3, -0.25) is 4.79 Å². The van der Waals surface area contributed by atoms with Gasteiger partial charge in [0, 0.05) is 11.3 Å². The molecule has 0 aliphatic carbocycles. The maximum absolute atomic E-state index is 12.9.